The molecule has 2 aliphatic carbocycles. The maximum atomic E-state index is 13.0. The van der Waals surface area contributed by atoms with Crippen molar-refractivity contribution in [3.05, 3.63) is 36.0 Å². The molecule has 2 heterocycles. The number of fused-ring (bicyclic) bond motifs is 3. The van der Waals surface area contributed by atoms with Crippen LogP contribution in [0.1, 0.15) is 36.2 Å². The number of carbonyl (C=O) groups is 2. The van der Waals surface area contributed by atoms with Gasteiger partial charge in [-0.05, 0) is 43.7 Å². The molecule has 5 heteroatoms. The zero-order valence-electron chi connectivity index (χ0n) is 15.2. The van der Waals surface area contributed by atoms with Crippen molar-refractivity contribution in [2.45, 2.75) is 32.2 Å². The van der Waals surface area contributed by atoms with Crippen molar-refractivity contribution in [2.24, 2.45) is 11.8 Å². The lowest BCUT2D eigenvalue weighted by atomic mass is 10.2. The highest BCUT2D eigenvalue weighted by Gasteiger charge is 2.35. The molecule has 0 spiro atoms. The summed E-state index contributed by atoms with van der Waals surface area (Å²) in [5, 5.41) is 1.05. The van der Waals surface area contributed by atoms with Crippen LogP contribution < -0.4 is 0 Å². The van der Waals surface area contributed by atoms with Crippen LogP contribution in [0.5, 0.6) is 0 Å². The molecule has 2 aromatic heterocycles. The fourth-order valence-corrected chi connectivity index (χ4v) is 3.89. The highest BCUT2D eigenvalue weighted by atomic mass is 16.2. The number of rotatable bonds is 4. The van der Waals surface area contributed by atoms with Crippen LogP contribution >= 0.6 is 0 Å². The van der Waals surface area contributed by atoms with Gasteiger partial charge in [0.05, 0.1) is 22.2 Å². The van der Waals surface area contributed by atoms with Gasteiger partial charge in [-0.25, -0.2) is 4.79 Å². The van der Waals surface area contributed by atoms with Gasteiger partial charge in [0.15, 0.2) is 5.78 Å². The Morgan fingerprint density at radius 2 is 1.81 bits per heavy atom. The summed E-state index contributed by atoms with van der Waals surface area (Å²) < 4.78 is 3.97. The molecule has 0 bridgehead atoms. The molecule has 134 valence electrons. The van der Waals surface area contributed by atoms with E-state index in [9.17, 15) is 9.59 Å². The Morgan fingerprint density at radius 1 is 1.08 bits per heavy atom. The minimum atomic E-state index is -0.154. The number of aromatic nitrogens is 2. The van der Waals surface area contributed by atoms with Gasteiger partial charge in [-0.15, -0.1) is 0 Å². The lowest BCUT2D eigenvalue weighted by molar-refractivity contribution is 0.0959. The van der Waals surface area contributed by atoms with Gasteiger partial charge in [-0.2, -0.15) is 0 Å². The number of benzene rings is 1. The van der Waals surface area contributed by atoms with Crippen LogP contribution in [0.4, 0.5) is 4.79 Å². The second kappa shape index (κ2) is 5.47. The fraction of sp³-hybridized carbons (Fsp3) is 0.429. The summed E-state index contributed by atoms with van der Waals surface area (Å²) in [6.07, 6.45) is 4.40. The molecule has 0 aliphatic heterocycles. The second-order valence-corrected chi connectivity index (χ2v) is 7.99. The number of amides is 1. The van der Waals surface area contributed by atoms with Crippen molar-refractivity contribution in [3.8, 4) is 0 Å². The van der Waals surface area contributed by atoms with E-state index in [1.807, 2.05) is 18.2 Å². The van der Waals surface area contributed by atoms with Crippen molar-refractivity contribution < 1.29 is 9.59 Å². The van der Waals surface area contributed by atoms with Crippen LogP contribution in [0.2, 0.25) is 0 Å². The third-order valence-electron chi connectivity index (χ3n) is 5.63. The van der Waals surface area contributed by atoms with E-state index in [0.29, 0.717) is 11.6 Å². The van der Waals surface area contributed by atoms with Crippen molar-refractivity contribution in [1.82, 2.24) is 14.0 Å². The zero-order valence-corrected chi connectivity index (χ0v) is 15.2. The quantitative estimate of drug-likeness (QED) is 0.665. The molecule has 0 saturated heterocycles. The first kappa shape index (κ1) is 15.7. The molecule has 1 amide bonds. The topological polar surface area (TPSA) is 47.2 Å². The first-order chi connectivity index (χ1) is 12.6. The van der Waals surface area contributed by atoms with E-state index in [2.05, 4.69) is 16.7 Å². The van der Waals surface area contributed by atoms with Gasteiger partial charge in [0.1, 0.15) is 0 Å². The van der Waals surface area contributed by atoms with E-state index in [0.717, 1.165) is 41.3 Å². The van der Waals surface area contributed by atoms with Crippen LogP contribution in [0.3, 0.4) is 0 Å². The Hall–Kier alpha value is -2.56. The Balaban J connectivity index is 1.83. The molecule has 2 aliphatic rings. The molecule has 2 saturated carbocycles. The molecule has 3 aromatic rings. The third kappa shape index (κ3) is 2.30. The Kier molecular flexibility index (Phi) is 3.30. The first-order valence-corrected chi connectivity index (χ1v) is 9.45. The Labute approximate surface area is 152 Å². The van der Waals surface area contributed by atoms with Gasteiger partial charge < -0.3 is 9.47 Å². The summed E-state index contributed by atoms with van der Waals surface area (Å²) >= 11 is 0. The van der Waals surface area contributed by atoms with Gasteiger partial charge in [0, 0.05) is 31.9 Å². The summed E-state index contributed by atoms with van der Waals surface area (Å²) in [5.74, 6) is 0.911. The van der Waals surface area contributed by atoms with E-state index in [1.54, 1.807) is 23.6 Å². The molecule has 26 heavy (non-hydrogen) atoms. The monoisotopic (exact) mass is 349 g/mol. The molecule has 1 aromatic carbocycles. The molecule has 5 rings (SSSR count). The van der Waals surface area contributed by atoms with Gasteiger partial charge in [-0.1, -0.05) is 18.2 Å². The SMILES string of the molecule is CN(C)C(=O)n1c(C(=O)C2CC2)cc2c1c1ccccc1n2CC1CC1. The lowest BCUT2D eigenvalue weighted by Crippen LogP contribution is -2.29. The van der Waals surface area contributed by atoms with Crippen molar-refractivity contribution in [2.75, 3.05) is 14.1 Å². The number of nitrogens with zero attached hydrogens (tertiary/aromatic N) is 3. The summed E-state index contributed by atoms with van der Waals surface area (Å²) in [7, 11) is 3.48. The molecule has 0 atom stereocenters. The number of carbonyl (C=O) groups excluding carboxylic acids is 2. The number of hydrogen-bond donors (Lipinski definition) is 0. The molecule has 0 unspecified atom stereocenters. The molecule has 5 nitrogen and oxygen atoms in total. The highest BCUT2D eigenvalue weighted by Crippen LogP contribution is 2.39. The average Bonchev–Trinajstić information content (AvgIpc) is 3.55. The van der Waals surface area contributed by atoms with Gasteiger partial charge in [-0.3, -0.25) is 9.36 Å². The van der Waals surface area contributed by atoms with Crippen LogP contribution in [0, 0.1) is 11.8 Å². The van der Waals surface area contributed by atoms with Crippen molar-refractivity contribution in [3.63, 3.8) is 0 Å². The second-order valence-electron chi connectivity index (χ2n) is 7.99. The first-order valence-electron chi connectivity index (χ1n) is 9.45. The summed E-state index contributed by atoms with van der Waals surface area (Å²) in [6.45, 7) is 0.960. The highest BCUT2D eigenvalue weighted by molar-refractivity contribution is 6.15. The Bertz CT molecular complexity index is 1050. The lowest BCUT2D eigenvalue weighted by Gasteiger charge is -2.14. The predicted molar refractivity (Wildman–Crippen MR) is 102 cm³/mol. The molecule has 2 fully saturated rings. The maximum Gasteiger partial charge on any atom is 0.328 e. The van der Waals surface area contributed by atoms with Crippen LogP contribution in [0.25, 0.3) is 21.9 Å². The van der Waals surface area contributed by atoms with E-state index < -0.39 is 0 Å². The van der Waals surface area contributed by atoms with Gasteiger partial charge in [0.25, 0.3) is 0 Å². The molecular weight excluding hydrogens is 326 g/mol. The Morgan fingerprint density at radius 3 is 2.46 bits per heavy atom. The van der Waals surface area contributed by atoms with Crippen LogP contribution in [0.15, 0.2) is 30.3 Å². The average molecular weight is 349 g/mol. The largest absolute Gasteiger partial charge is 0.339 e. The van der Waals surface area contributed by atoms with Crippen molar-refractivity contribution in [1.29, 1.82) is 0 Å². The predicted octanol–water partition coefficient (Wildman–Crippen LogP) is 4.13. The summed E-state index contributed by atoms with van der Waals surface area (Å²) in [5.41, 5.74) is 3.59. The van der Waals surface area contributed by atoms with Gasteiger partial charge >= 0.3 is 6.03 Å². The van der Waals surface area contributed by atoms with E-state index in [1.165, 1.54) is 12.8 Å². The molecule has 0 N–H and O–H groups in total. The zero-order chi connectivity index (χ0) is 18.0. The summed E-state index contributed by atoms with van der Waals surface area (Å²) in [6, 6.07) is 10.0. The van der Waals surface area contributed by atoms with E-state index in [-0.39, 0.29) is 17.7 Å². The van der Waals surface area contributed by atoms with Crippen LogP contribution in [-0.4, -0.2) is 39.9 Å². The third-order valence-corrected chi connectivity index (χ3v) is 5.63. The van der Waals surface area contributed by atoms with Crippen LogP contribution in [-0.2, 0) is 6.54 Å². The van der Waals surface area contributed by atoms with Gasteiger partial charge in [0.2, 0.25) is 0 Å². The minimum absolute atomic E-state index is 0.0888. The molecular formula is C21H23N3O2. The summed E-state index contributed by atoms with van der Waals surface area (Å²) in [4.78, 5) is 27.5. The standard InChI is InChI=1S/C21H23N3O2/c1-22(2)21(26)24-18(20(25)14-9-10-14)11-17-19(24)15-5-3-4-6-16(15)23(17)12-13-7-8-13/h3-6,11,13-14H,7-10,12H2,1-2H3. The number of Topliss-reactive ketones (excluding diaryl/α,β-unsaturated/α-hetero) is 1. The number of para-hydroxylation sites is 1. The van der Waals surface area contributed by atoms with E-state index >= 15 is 0 Å². The number of ketones is 1. The smallest absolute Gasteiger partial charge is 0.328 e. The normalized spacial score (nSPS) is 17.2. The van der Waals surface area contributed by atoms with Crippen molar-refractivity contribution >= 4 is 33.8 Å². The molecule has 0 radical (unpaired) electrons. The van der Waals surface area contributed by atoms with E-state index in [4.69, 9.17) is 0 Å². The minimum Gasteiger partial charge on any atom is -0.339 e. The maximum absolute atomic E-state index is 13.0. The number of hydrogen-bond acceptors (Lipinski definition) is 2. The fourth-order valence-electron chi connectivity index (χ4n) is 3.89.